The van der Waals surface area contributed by atoms with Gasteiger partial charge in [0.05, 0.1) is 11.4 Å². The van der Waals surface area contributed by atoms with Crippen LogP contribution >= 0.6 is 11.8 Å². The highest BCUT2D eigenvalue weighted by atomic mass is 32.2. The Balaban J connectivity index is 1.42. The van der Waals surface area contributed by atoms with Crippen molar-refractivity contribution in [2.75, 3.05) is 18.1 Å². The molecule has 30 heavy (non-hydrogen) atoms. The van der Waals surface area contributed by atoms with E-state index >= 15 is 0 Å². The summed E-state index contributed by atoms with van der Waals surface area (Å²) in [6.07, 6.45) is 0.848. The summed E-state index contributed by atoms with van der Waals surface area (Å²) in [4.78, 5) is 27.9. The predicted molar refractivity (Wildman–Crippen MR) is 113 cm³/mol. The molecule has 1 aliphatic heterocycles. The minimum Gasteiger partial charge on any atom is -0.451 e. The fourth-order valence-electron chi connectivity index (χ4n) is 3.22. The van der Waals surface area contributed by atoms with Crippen LogP contribution in [0.3, 0.4) is 0 Å². The number of thioether (sulfide) groups is 1. The van der Waals surface area contributed by atoms with Crippen molar-refractivity contribution in [1.82, 2.24) is 10.2 Å². The van der Waals surface area contributed by atoms with Gasteiger partial charge in [-0.25, -0.2) is 9.18 Å². The van der Waals surface area contributed by atoms with E-state index in [2.05, 4.69) is 17.1 Å². The van der Waals surface area contributed by atoms with E-state index < -0.39 is 5.97 Å². The molecular formula is C22H20FN3O3S. The third-order valence-corrected chi connectivity index (χ3v) is 6.05. The number of nitrogens with one attached hydrogen (secondary N) is 1. The minimum atomic E-state index is -0.671. The van der Waals surface area contributed by atoms with Crippen molar-refractivity contribution in [3.05, 3.63) is 66.1 Å². The second kappa shape index (κ2) is 8.71. The Kier molecular flexibility index (Phi) is 5.85. The summed E-state index contributed by atoms with van der Waals surface area (Å²) in [5.74, 6) is -1.30. The summed E-state index contributed by atoms with van der Waals surface area (Å²) >= 11 is 1.74. The van der Waals surface area contributed by atoms with Crippen LogP contribution in [0.25, 0.3) is 11.3 Å². The number of H-pyrrole nitrogens is 1. The molecule has 3 aromatic rings. The monoisotopic (exact) mass is 425 g/mol. The van der Waals surface area contributed by atoms with Gasteiger partial charge in [-0.3, -0.25) is 9.89 Å². The fraction of sp³-hybridized carbons (Fsp3) is 0.227. The Morgan fingerprint density at radius 1 is 1.23 bits per heavy atom. The van der Waals surface area contributed by atoms with Crippen LogP contribution in [-0.2, 0) is 9.53 Å². The van der Waals surface area contributed by atoms with Crippen molar-refractivity contribution in [3.63, 3.8) is 0 Å². The van der Waals surface area contributed by atoms with Crippen LogP contribution in [0.1, 0.15) is 23.8 Å². The number of carbonyl (C=O) groups excluding carboxylic acids is 2. The third-order valence-electron chi connectivity index (χ3n) is 4.81. The number of anilines is 1. The number of rotatable bonds is 4. The summed E-state index contributed by atoms with van der Waals surface area (Å²) < 4.78 is 18.3. The Morgan fingerprint density at radius 2 is 2.00 bits per heavy atom. The SMILES string of the molecule is C[C@H]1CCN(C(=O)COC(=O)c2cc(-c3ccc(F)cc3)n[nH]2)c2ccccc2S1. The molecule has 0 saturated carbocycles. The fourth-order valence-corrected chi connectivity index (χ4v) is 4.34. The smallest absolute Gasteiger partial charge is 0.356 e. The van der Waals surface area contributed by atoms with Crippen molar-refractivity contribution in [3.8, 4) is 11.3 Å². The quantitative estimate of drug-likeness (QED) is 0.631. The molecule has 1 atom stereocenters. The van der Waals surface area contributed by atoms with Gasteiger partial charge >= 0.3 is 5.97 Å². The Morgan fingerprint density at radius 3 is 2.80 bits per heavy atom. The summed E-state index contributed by atoms with van der Waals surface area (Å²) in [7, 11) is 0. The number of para-hydroxylation sites is 1. The van der Waals surface area contributed by atoms with Gasteiger partial charge in [0.2, 0.25) is 0 Å². The second-order valence-corrected chi connectivity index (χ2v) is 8.46. The van der Waals surface area contributed by atoms with Gasteiger partial charge < -0.3 is 9.64 Å². The number of fused-ring (bicyclic) bond motifs is 1. The minimum absolute atomic E-state index is 0.127. The van der Waals surface area contributed by atoms with Crippen molar-refractivity contribution < 1.29 is 18.7 Å². The molecule has 1 aliphatic rings. The van der Waals surface area contributed by atoms with E-state index in [4.69, 9.17) is 4.74 Å². The van der Waals surface area contributed by atoms with Crippen molar-refractivity contribution >= 4 is 29.3 Å². The van der Waals surface area contributed by atoms with Gasteiger partial charge in [-0.2, -0.15) is 5.10 Å². The standard InChI is InChI=1S/C22H20FN3O3S/c1-14-10-11-26(19-4-2-3-5-20(19)30-14)21(27)13-29-22(28)18-12-17(24-25-18)15-6-8-16(23)9-7-15/h2-9,12,14H,10-11,13H2,1H3,(H,24,25)/t14-/m0/s1. The molecule has 4 rings (SSSR count). The zero-order valence-electron chi connectivity index (χ0n) is 16.3. The molecule has 1 N–H and O–H groups in total. The van der Waals surface area contributed by atoms with Crippen molar-refractivity contribution in [1.29, 1.82) is 0 Å². The third kappa shape index (κ3) is 4.38. The van der Waals surface area contributed by atoms with Gasteiger partial charge in [-0.15, -0.1) is 11.8 Å². The van der Waals surface area contributed by atoms with E-state index in [1.165, 1.54) is 18.2 Å². The lowest BCUT2D eigenvalue weighted by atomic mass is 10.1. The number of hydrogen-bond acceptors (Lipinski definition) is 5. The number of hydrogen-bond donors (Lipinski definition) is 1. The number of ether oxygens (including phenoxy) is 1. The van der Waals surface area contributed by atoms with E-state index in [0.717, 1.165) is 17.0 Å². The number of aromatic amines is 1. The van der Waals surface area contributed by atoms with E-state index in [9.17, 15) is 14.0 Å². The number of benzene rings is 2. The second-order valence-electron chi connectivity index (χ2n) is 6.98. The van der Waals surface area contributed by atoms with E-state index in [-0.39, 0.29) is 24.0 Å². The van der Waals surface area contributed by atoms with Crippen LogP contribution in [0.15, 0.2) is 59.5 Å². The molecule has 0 saturated heterocycles. The lowest BCUT2D eigenvalue weighted by Crippen LogP contribution is -2.35. The molecule has 1 amide bonds. The first kappa shape index (κ1) is 20.2. The number of halogens is 1. The molecule has 8 heteroatoms. The van der Waals surface area contributed by atoms with Gasteiger partial charge in [0, 0.05) is 22.3 Å². The predicted octanol–water partition coefficient (Wildman–Crippen LogP) is 4.29. The molecule has 2 heterocycles. The van der Waals surface area contributed by atoms with Crippen molar-refractivity contribution in [2.45, 2.75) is 23.5 Å². The van der Waals surface area contributed by atoms with Crippen LogP contribution in [0.5, 0.6) is 0 Å². The molecule has 2 aromatic carbocycles. The molecular weight excluding hydrogens is 405 g/mol. The van der Waals surface area contributed by atoms with Gasteiger partial charge in [0.25, 0.3) is 5.91 Å². The summed E-state index contributed by atoms with van der Waals surface area (Å²) in [6, 6.07) is 15.0. The number of amides is 1. The molecule has 0 radical (unpaired) electrons. The van der Waals surface area contributed by atoms with Crippen LogP contribution < -0.4 is 4.90 Å². The molecule has 0 spiro atoms. The summed E-state index contributed by atoms with van der Waals surface area (Å²) in [5, 5.41) is 7.06. The molecule has 6 nitrogen and oxygen atoms in total. The van der Waals surface area contributed by atoms with Gasteiger partial charge in [-0.1, -0.05) is 19.1 Å². The molecule has 1 aromatic heterocycles. The highest BCUT2D eigenvalue weighted by molar-refractivity contribution is 8.00. The first-order valence-electron chi connectivity index (χ1n) is 9.56. The molecule has 0 aliphatic carbocycles. The van der Waals surface area contributed by atoms with E-state index in [1.807, 2.05) is 24.3 Å². The summed E-state index contributed by atoms with van der Waals surface area (Å²) in [5.41, 5.74) is 2.12. The van der Waals surface area contributed by atoms with Crippen LogP contribution in [0.4, 0.5) is 10.1 Å². The number of esters is 1. The van der Waals surface area contributed by atoms with Crippen LogP contribution in [0, 0.1) is 5.82 Å². The lowest BCUT2D eigenvalue weighted by molar-refractivity contribution is -0.121. The average molecular weight is 425 g/mol. The maximum atomic E-state index is 13.1. The maximum absolute atomic E-state index is 13.1. The Labute approximate surface area is 177 Å². The normalized spacial score (nSPS) is 15.9. The zero-order chi connectivity index (χ0) is 21.1. The number of nitrogens with zero attached hydrogens (tertiary/aromatic N) is 2. The molecule has 0 unspecified atom stereocenters. The average Bonchev–Trinajstić information content (AvgIpc) is 3.17. The zero-order valence-corrected chi connectivity index (χ0v) is 17.1. The maximum Gasteiger partial charge on any atom is 0.356 e. The first-order chi connectivity index (χ1) is 14.5. The number of aromatic nitrogens is 2. The van der Waals surface area contributed by atoms with Crippen molar-refractivity contribution in [2.24, 2.45) is 0 Å². The molecule has 154 valence electrons. The number of carbonyl (C=O) groups is 2. The highest BCUT2D eigenvalue weighted by Gasteiger charge is 2.25. The van der Waals surface area contributed by atoms with Gasteiger partial charge in [0.15, 0.2) is 6.61 Å². The van der Waals surface area contributed by atoms with Crippen LogP contribution in [0.2, 0.25) is 0 Å². The molecule has 0 bridgehead atoms. The molecule has 0 fully saturated rings. The lowest BCUT2D eigenvalue weighted by Gasteiger charge is -2.22. The first-order valence-corrected chi connectivity index (χ1v) is 10.4. The largest absolute Gasteiger partial charge is 0.451 e. The highest BCUT2D eigenvalue weighted by Crippen LogP contribution is 2.37. The van der Waals surface area contributed by atoms with E-state index in [0.29, 0.717) is 23.1 Å². The van der Waals surface area contributed by atoms with Crippen LogP contribution in [-0.4, -0.2) is 40.5 Å². The summed E-state index contributed by atoms with van der Waals surface area (Å²) in [6.45, 7) is 2.34. The van der Waals surface area contributed by atoms with Gasteiger partial charge in [-0.05, 0) is 48.9 Å². The Bertz CT molecular complexity index is 1070. The Hall–Kier alpha value is -3.13. The van der Waals surface area contributed by atoms with Gasteiger partial charge in [0.1, 0.15) is 11.5 Å². The van der Waals surface area contributed by atoms with E-state index in [1.54, 1.807) is 28.8 Å². The topological polar surface area (TPSA) is 75.3 Å².